The third-order valence-corrected chi connectivity index (χ3v) is 5.78. The average molecular weight is 365 g/mol. The molecule has 1 amide bonds. The molecule has 27 heavy (non-hydrogen) atoms. The van der Waals surface area contributed by atoms with Crippen LogP contribution in [0.3, 0.4) is 0 Å². The summed E-state index contributed by atoms with van der Waals surface area (Å²) in [5, 5.41) is 2.78. The predicted molar refractivity (Wildman–Crippen MR) is 101 cm³/mol. The number of amides is 1. The summed E-state index contributed by atoms with van der Waals surface area (Å²) < 4.78 is 5.95. The molecule has 0 atom stereocenters. The number of aryl methyl sites for hydroxylation is 1. The molecule has 0 radical (unpaired) electrons. The molecule has 2 aromatic rings. The van der Waals surface area contributed by atoms with E-state index >= 15 is 0 Å². The molecule has 2 saturated carbocycles. The van der Waals surface area contributed by atoms with Gasteiger partial charge in [-0.2, -0.15) is 4.98 Å². The zero-order valence-electron chi connectivity index (χ0n) is 15.7. The molecule has 0 saturated heterocycles. The smallest absolute Gasteiger partial charge is 0.318 e. The third kappa shape index (κ3) is 2.91. The monoisotopic (exact) mass is 365 g/mol. The van der Waals surface area contributed by atoms with E-state index in [1.807, 2.05) is 25.3 Å². The topological polar surface area (TPSA) is 80.2 Å². The first-order valence-corrected chi connectivity index (χ1v) is 9.60. The summed E-state index contributed by atoms with van der Waals surface area (Å²) in [6.45, 7) is 4.34. The van der Waals surface area contributed by atoms with E-state index in [0.717, 1.165) is 49.4 Å². The van der Waals surface area contributed by atoms with E-state index in [1.165, 1.54) is 18.9 Å². The number of anilines is 3. The van der Waals surface area contributed by atoms with Gasteiger partial charge in [-0.05, 0) is 39.0 Å². The second-order valence-electron chi connectivity index (χ2n) is 7.96. The summed E-state index contributed by atoms with van der Waals surface area (Å²) in [5.74, 6) is 1.30. The molecule has 3 heterocycles. The van der Waals surface area contributed by atoms with Crippen molar-refractivity contribution in [1.82, 2.24) is 15.0 Å². The molecule has 0 bridgehead atoms. The van der Waals surface area contributed by atoms with E-state index in [9.17, 15) is 4.79 Å². The molecule has 2 aromatic heterocycles. The van der Waals surface area contributed by atoms with Crippen molar-refractivity contribution in [3.05, 3.63) is 29.6 Å². The van der Waals surface area contributed by atoms with Crippen LogP contribution in [0.1, 0.15) is 50.3 Å². The Morgan fingerprint density at radius 1 is 1.30 bits per heavy atom. The minimum atomic E-state index is -0.123. The Bertz CT molecular complexity index is 921. The number of hydrogen-bond acceptors (Lipinski definition) is 6. The van der Waals surface area contributed by atoms with E-state index in [0.29, 0.717) is 11.8 Å². The Labute approximate surface area is 158 Å². The highest BCUT2D eigenvalue weighted by molar-refractivity contribution is 5.89. The largest absolute Gasteiger partial charge is 0.460 e. The van der Waals surface area contributed by atoms with Gasteiger partial charge in [0.25, 0.3) is 0 Å². The lowest BCUT2D eigenvalue weighted by molar-refractivity contribution is -0.114. The minimum Gasteiger partial charge on any atom is -0.460 e. The lowest BCUT2D eigenvalue weighted by Gasteiger charge is -2.26. The molecule has 3 aliphatic rings. The third-order valence-electron chi connectivity index (χ3n) is 5.78. The number of hydrogen-bond donors (Lipinski definition) is 1. The highest BCUT2D eigenvalue weighted by atomic mass is 16.5. The summed E-state index contributed by atoms with van der Waals surface area (Å²) in [5.41, 5.74) is 3.38. The fourth-order valence-electron chi connectivity index (χ4n) is 3.94. The number of nitrogens with one attached hydrogen (secondary N) is 1. The van der Waals surface area contributed by atoms with Gasteiger partial charge >= 0.3 is 6.01 Å². The lowest BCUT2D eigenvalue weighted by atomic mass is 9.96. The van der Waals surface area contributed by atoms with Crippen molar-refractivity contribution in [2.24, 2.45) is 0 Å². The molecule has 2 fully saturated rings. The van der Waals surface area contributed by atoms with Gasteiger partial charge in [-0.15, -0.1) is 0 Å². The van der Waals surface area contributed by atoms with Crippen LogP contribution in [-0.2, 0) is 10.2 Å². The Balaban J connectivity index is 1.52. The van der Waals surface area contributed by atoms with Crippen LogP contribution in [0.5, 0.6) is 6.01 Å². The number of rotatable bonds is 4. The summed E-state index contributed by atoms with van der Waals surface area (Å²) in [7, 11) is 0. The molecule has 0 unspecified atom stereocenters. The summed E-state index contributed by atoms with van der Waals surface area (Å²) in [4.78, 5) is 27.2. The second kappa shape index (κ2) is 5.90. The van der Waals surface area contributed by atoms with Crippen molar-refractivity contribution in [2.75, 3.05) is 16.8 Å². The van der Waals surface area contributed by atoms with E-state index in [-0.39, 0.29) is 17.4 Å². The van der Waals surface area contributed by atoms with Gasteiger partial charge in [0.15, 0.2) is 0 Å². The standard InChI is InChI=1S/C20H23N5O2/c1-12-8-18(24-19(22-12)27-14-4-3-5-14)25-11-20(6-7-20)15-10-21-17(9-16(15)25)23-13(2)26/h8-10,14H,3-7,11H2,1-2H3,(H,21,23,26). The van der Waals surface area contributed by atoms with Crippen molar-refractivity contribution in [1.29, 1.82) is 0 Å². The number of ether oxygens (including phenoxy) is 1. The number of aromatic nitrogens is 3. The maximum absolute atomic E-state index is 11.4. The van der Waals surface area contributed by atoms with Crippen LogP contribution in [0.25, 0.3) is 0 Å². The zero-order valence-corrected chi connectivity index (χ0v) is 15.7. The van der Waals surface area contributed by atoms with Gasteiger partial charge in [-0.25, -0.2) is 9.97 Å². The van der Waals surface area contributed by atoms with Crippen molar-refractivity contribution in [2.45, 2.75) is 57.5 Å². The fraction of sp³-hybridized carbons (Fsp3) is 0.500. The maximum atomic E-state index is 11.4. The normalized spacial score (nSPS) is 19.6. The van der Waals surface area contributed by atoms with Crippen molar-refractivity contribution < 1.29 is 9.53 Å². The van der Waals surface area contributed by atoms with Gasteiger partial charge in [-0.3, -0.25) is 4.79 Å². The van der Waals surface area contributed by atoms with Gasteiger partial charge in [0.1, 0.15) is 17.7 Å². The summed E-state index contributed by atoms with van der Waals surface area (Å²) in [6, 6.07) is 4.41. The second-order valence-corrected chi connectivity index (χ2v) is 7.96. The number of pyridine rings is 1. The van der Waals surface area contributed by atoms with Gasteiger partial charge < -0.3 is 15.0 Å². The van der Waals surface area contributed by atoms with Crippen molar-refractivity contribution in [3.8, 4) is 6.01 Å². The summed E-state index contributed by atoms with van der Waals surface area (Å²) >= 11 is 0. The first-order chi connectivity index (χ1) is 13.0. The highest BCUT2D eigenvalue weighted by Crippen LogP contribution is 2.58. The van der Waals surface area contributed by atoms with Crippen molar-refractivity contribution in [3.63, 3.8) is 0 Å². The van der Waals surface area contributed by atoms with E-state index in [2.05, 4.69) is 20.2 Å². The van der Waals surface area contributed by atoms with Gasteiger partial charge in [0.2, 0.25) is 5.91 Å². The van der Waals surface area contributed by atoms with Crippen LogP contribution < -0.4 is 15.0 Å². The molecule has 1 aliphatic heterocycles. The highest BCUT2D eigenvalue weighted by Gasteiger charge is 2.52. The van der Waals surface area contributed by atoms with Crippen LogP contribution in [0, 0.1) is 6.92 Å². The van der Waals surface area contributed by atoms with E-state index in [4.69, 9.17) is 9.72 Å². The first-order valence-electron chi connectivity index (χ1n) is 9.60. The summed E-state index contributed by atoms with van der Waals surface area (Å²) in [6.07, 6.45) is 7.84. The molecule has 0 aromatic carbocycles. The van der Waals surface area contributed by atoms with Crippen LogP contribution in [-0.4, -0.2) is 33.5 Å². The molecule has 7 heteroatoms. The van der Waals surface area contributed by atoms with Crippen LogP contribution in [0.15, 0.2) is 18.3 Å². The molecule has 1 spiro atoms. The van der Waals surface area contributed by atoms with Gasteiger partial charge in [-0.1, -0.05) is 0 Å². The van der Waals surface area contributed by atoms with E-state index < -0.39 is 0 Å². The van der Waals surface area contributed by atoms with Crippen LogP contribution in [0.2, 0.25) is 0 Å². The van der Waals surface area contributed by atoms with Gasteiger partial charge in [0.05, 0.1) is 5.69 Å². The van der Waals surface area contributed by atoms with Crippen LogP contribution >= 0.6 is 0 Å². The number of fused-ring (bicyclic) bond motifs is 2. The Morgan fingerprint density at radius 3 is 2.78 bits per heavy atom. The molecule has 7 nitrogen and oxygen atoms in total. The first kappa shape index (κ1) is 16.5. The quantitative estimate of drug-likeness (QED) is 0.896. The lowest BCUT2D eigenvalue weighted by Crippen LogP contribution is -2.26. The SMILES string of the molecule is CC(=O)Nc1cc2c(cn1)C1(CC1)CN2c1cc(C)nc(OC2CCC2)n1. The molecular formula is C20H23N5O2. The maximum Gasteiger partial charge on any atom is 0.318 e. The van der Waals surface area contributed by atoms with Gasteiger partial charge in [0, 0.05) is 48.5 Å². The van der Waals surface area contributed by atoms with Crippen LogP contribution in [0.4, 0.5) is 17.3 Å². The average Bonchev–Trinajstić information content (AvgIpc) is 3.28. The molecular weight excluding hydrogens is 342 g/mol. The molecule has 140 valence electrons. The van der Waals surface area contributed by atoms with E-state index in [1.54, 1.807) is 0 Å². The Hall–Kier alpha value is -2.70. The zero-order chi connectivity index (χ0) is 18.6. The number of nitrogens with zero attached hydrogens (tertiary/aromatic N) is 4. The minimum absolute atomic E-state index is 0.123. The number of carbonyl (C=O) groups excluding carboxylic acids is 1. The fourth-order valence-corrected chi connectivity index (χ4v) is 3.94. The Morgan fingerprint density at radius 2 is 2.11 bits per heavy atom. The Kier molecular flexibility index (Phi) is 3.60. The molecule has 1 N–H and O–H groups in total. The number of carbonyl (C=O) groups is 1. The predicted octanol–water partition coefficient (Wildman–Crippen LogP) is 3.25. The molecule has 2 aliphatic carbocycles. The van der Waals surface area contributed by atoms with Crippen molar-refractivity contribution >= 4 is 23.2 Å². The molecule has 5 rings (SSSR count).